The Balaban J connectivity index is 2.09. The van der Waals surface area contributed by atoms with E-state index >= 15 is 0 Å². The van der Waals surface area contributed by atoms with Crippen molar-refractivity contribution in [2.24, 2.45) is 11.1 Å². The van der Waals surface area contributed by atoms with Gasteiger partial charge in [0.05, 0.1) is 5.60 Å². The van der Waals surface area contributed by atoms with Crippen molar-refractivity contribution in [2.45, 2.75) is 69.8 Å². The fourth-order valence-electron chi connectivity index (χ4n) is 5.04. The maximum atomic E-state index is 11.6. The minimum absolute atomic E-state index is 0.210. The van der Waals surface area contributed by atoms with E-state index in [0.717, 1.165) is 38.5 Å². The Hall–Kier alpha value is -0.860. The lowest BCUT2D eigenvalue weighted by Crippen LogP contribution is -2.60. The van der Waals surface area contributed by atoms with Crippen molar-refractivity contribution in [3.63, 3.8) is 0 Å². The summed E-state index contributed by atoms with van der Waals surface area (Å²) < 4.78 is 0. The van der Waals surface area contributed by atoms with E-state index in [1.807, 2.05) is 0 Å². The van der Waals surface area contributed by atoms with Gasteiger partial charge in [0, 0.05) is 12.0 Å². The average molecular weight is 287 g/mol. The van der Waals surface area contributed by atoms with Gasteiger partial charge in [0.1, 0.15) is 0 Å². The normalized spacial score (nSPS) is 35.2. The molecule has 2 heteroatoms. The molecule has 0 bridgehead atoms. The summed E-state index contributed by atoms with van der Waals surface area (Å²) in [5.74, 6) is 0. The highest BCUT2D eigenvalue weighted by atomic mass is 16.3. The maximum Gasteiger partial charge on any atom is 0.0761 e. The predicted octanol–water partition coefficient (Wildman–Crippen LogP) is 3.55. The summed E-state index contributed by atoms with van der Waals surface area (Å²) in [6.45, 7) is 5.13. The highest BCUT2D eigenvalue weighted by Gasteiger charge is 2.54. The molecule has 0 aliphatic heterocycles. The third-order valence-electron chi connectivity index (χ3n) is 6.04. The third kappa shape index (κ3) is 2.33. The van der Waals surface area contributed by atoms with E-state index in [4.69, 9.17) is 5.73 Å². The van der Waals surface area contributed by atoms with Gasteiger partial charge < -0.3 is 10.8 Å². The molecule has 0 saturated heterocycles. The summed E-state index contributed by atoms with van der Waals surface area (Å²) in [6.07, 6.45) is 7.35. The summed E-state index contributed by atoms with van der Waals surface area (Å²) in [6, 6.07) is 8.64. The molecule has 1 saturated carbocycles. The van der Waals surface area contributed by atoms with Crippen LogP contribution in [0.5, 0.6) is 0 Å². The number of hydrogen-bond acceptors (Lipinski definition) is 2. The Labute approximate surface area is 128 Å². The van der Waals surface area contributed by atoms with Crippen LogP contribution in [0, 0.1) is 5.41 Å². The molecule has 2 unspecified atom stereocenters. The summed E-state index contributed by atoms with van der Waals surface area (Å²) in [7, 11) is 0. The van der Waals surface area contributed by atoms with Crippen LogP contribution in [0.3, 0.4) is 0 Å². The second kappa shape index (κ2) is 5.10. The van der Waals surface area contributed by atoms with Crippen LogP contribution >= 0.6 is 0 Å². The van der Waals surface area contributed by atoms with Crippen molar-refractivity contribution in [3.8, 4) is 0 Å². The van der Waals surface area contributed by atoms with Gasteiger partial charge in [0.15, 0.2) is 0 Å². The van der Waals surface area contributed by atoms with E-state index in [0.29, 0.717) is 6.54 Å². The van der Waals surface area contributed by atoms with Gasteiger partial charge in [-0.1, -0.05) is 44.5 Å². The standard InChI is InChI=1S/C19H29NO/c1-17(2)10-6-12-19(21,13-17)18(14-20)11-5-8-15-7-3-4-9-16(15)18/h3-4,7,9,21H,5-6,8,10-14,20H2,1-2H3. The molecule has 0 aromatic heterocycles. The van der Waals surface area contributed by atoms with Crippen LogP contribution in [-0.4, -0.2) is 17.3 Å². The Morgan fingerprint density at radius 2 is 1.86 bits per heavy atom. The van der Waals surface area contributed by atoms with E-state index in [-0.39, 0.29) is 10.8 Å². The summed E-state index contributed by atoms with van der Waals surface area (Å²) >= 11 is 0. The van der Waals surface area contributed by atoms with Crippen molar-refractivity contribution in [2.75, 3.05) is 6.54 Å². The number of aliphatic hydroxyl groups is 1. The summed E-state index contributed by atoms with van der Waals surface area (Å²) in [4.78, 5) is 0. The molecule has 21 heavy (non-hydrogen) atoms. The Kier molecular flexibility index (Phi) is 3.66. The molecular formula is C19H29NO. The van der Waals surface area contributed by atoms with Gasteiger partial charge in [-0.15, -0.1) is 0 Å². The molecule has 3 N–H and O–H groups in total. The lowest BCUT2D eigenvalue weighted by molar-refractivity contribution is -0.103. The fourth-order valence-corrected chi connectivity index (χ4v) is 5.04. The number of nitrogens with two attached hydrogens (primary N) is 1. The number of rotatable bonds is 2. The van der Waals surface area contributed by atoms with Crippen LogP contribution in [0.2, 0.25) is 0 Å². The molecule has 1 aromatic rings. The van der Waals surface area contributed by atoms with Crippen molar-refractivity contribution in [1.82, 2.24) is 0 Å². The molecule has 0 amide bonds. The monoisotopic (exact) mass is 287 g/mol. The molecule has 116 valence electrons. The van der Waals surface area contributed by atoms with Gasteiger partial charge in [-0.2, -0.15) is 0 Å². The Morgan fingerprint density at radius 1 is 1.10 bits per heavy atom. The van der Waals surface area contributed by atoms with E-state index in [1.54, 1.807) is 0 Å². The first-order chi connectivity index (χ1) is 9.93. The van der Waals surface area contributed by atoms with Gasteiger partial charge in [-0.05, 0) is 55.1 Å². The average Bonchev–Trinajstić information content (AvgIpc) is 2.45. The SMILES string of the molecule is CC1(C)CCCC(O)(C2(CN)CCCc3ccccc32)C1. The second-order valence-electron chi connectivity index (χ2n) is 8.02. The molecule has 0 radical (unpaired) electrons. The van der Waals surface area contributed by atoms with Crippen molar-refractivity contribution >= 4 is 0 Å². The smallest absolute Gasteiger partial charge is 0.0761 e. The maximum absolute atomic E-state index is 11.6. The van der Waals surface area contributed by atoms with E-state index in [2.05, 4.69) is 38.1 Å². The Morgan fingerprint density at radius 3 is 2.57 bits per heavy atom. The quantitative estimate of drug-likeness (QED) is 0.874. The first-order valence-electron chi connectivity index (χ1n) is 8.43. The third-order valence-corrected chi connectivity index (χ3v) is 6.04. The van der Waals surface area contributed by atoms with Crippen molar-refractivity contribution < 1.29 is 5.11 Å². The number of fused-ring (bicyclic) bond motifs is 1. The highest BCUT2D eigenvalue weighted by molar-refractivity contribution is 5.40. The van der Waals surface area contributed by atoms with Gasteiger partial charge in [0.2, 0.25) is 0 Å². The molecule has 2 atom stereocenters. The van der Waals surface area contributed by atoms with Gasteiger partial charge in [-0.25, -0.2) is 0 Å². The van der Waals surface area contributed by atoms with E-state index < -0.39 is 5.60 Å². The molecule has 2 nitrogen and oxygen atoms in total. The second-order valence-corrected chi connectivity index (χ2v) is 8.02. The zero-order valence-electron chi connectivity index (χ0n) is 13.5. The molecular weight excluding hydrogens is 258 g/mol. The predicted molar refractivity (Wildman–Crippen MR) is 87.3 cm³/mol. The van der Waals surface area contributed by atoms with Crippen LogP contribution in [0.25, 0.3) is 0 Å². The number of hydrogen-bond donors (Lipinski definition) is 2. The number of aryl methyl sites for hydroxylation is 1. The molecule has 0 spiro atoms. The molecule has 2 aliphatic rings. The van der Waals surface area contributed by atoms with Gasteiger partial charge >= 0.3 is 0 Å². The van der Waals surface area contributed by atoms with Gasteiger partial charge in [0.25, 0.3) is 0 Å². The van der Waals surface area contributed by atoms with Crippen LogP contribution in [0.15, 0.2) is 24.3 Å². The van der Waals surface area contributed by atoms with Crippen LogP contribution < -0.4 is 5.73 Å². The topological polar surface area (TPSA) is 46.2 Å². The zero-order chi connectivity index (χ0) is 15.1. The molecule has 1 aromatic carbocycles. The molecule has 0 heterocycles. The Bertz CT molecular complexity index is 524. The van der Waals surface area contributed by atoms with Crippen LogP contribution in [0.4, 0.5) is 0 Å². The van der Waals surface area contributed by atoms with E-state index in [1.165, 1.54) is 17.5 Å². The minimum Gasteiger partial charge on any atom is -0.389 e. The van der Waals surface area contributed by atoms with Crippen molar-refractivity contribution in [3.05, 3.63) is 35.4 Å². The van der Waals surface area contributed by atoms with Crippen LogP contribution in [0.1, 0.15) is 63.5 Å². The minimum atomic E-state index is -0.653. The fraction of sp³-hybridized carbons (Fsp3) is 0.684. The van der Waals surface area contributed by atoms with Gasteiger partial charge in [-0.3, -0.25) is 0 Å². The highest BCUT2D eigenvalue weighted by Crippen LogP contribution is 2.53. The molecule has 1 fully saturated rings. The summed E-state index contributed by atoms with van der Waals surface area (Å²) in [5.41, 5.74) is 8.32. The zero-order valence-corrected chi connectivity index (χ0v) is 13.5. The lowest BCUT2D eigenvalue weighted by Gasteiger charge is -2.55. The van der Waals surface area contributed by atoms with Crippen molar-refractivity contribution in [1.29, 1.82) is 0 Å². The first kappa shape index (κ1) is 15.1. The summed E-state index contributed by atoms with van der Waals surface area (Å²) in [5, 5.41) is 11.6. The first-order valence-corrected chi connectivity index (χ1v) is 8.43. The largest absolute Gasteiger partial charge is 0.389 e. The lowest BCUT2D eigenvalue weighted by atomic mass is 9.53. The molecule has 3 rings (SSSR count). The van der Waals surface area contributed by atoms with E-state index in [9.17, 15) is 5.11 Å². The van der Waals surface area contributed by atoms with Crippen LogP contribution in [-0.2, 0) is 11.8 Å². The number of benzene rings is 1. The molecule has 2 aliphatic carbocycles.